The summed E-state index contributed by atoms with van der Waals surface area (Å²) in [4.78, 5) is 0. The Morgan fingerprint density at radius 1 is 1.41 bits per heavy atom. The first-order chi connectivity index (χ1) is 8.31. The van der Waals surface area contributed by atoms with Gasteiger partial charge in [-0.15, -0.1) is 0 Å². The first-order valence-corrected chi connectivity index (χ1v) is 5.66. The molecule has 0 spiro atoms. The Balaban J connectivity index is 2.71. The van der Waals surface area contributed by atoms with Crippen LogP contribution in [0, 0.1) is 11.3 Å². The molecule has 0 aliphatic heterocycles. The number of nitriles is 1. The van der Waals surface area contributed by atoms with Gasteiger partial charge in [0.05, 0.1) is 25.9 Å². The minimum atomic E-state index is -0.660. The van der Waals surface area contributed by atoms with E-state index in [2.05, 4.69) is 0 Å². The van der Waals surface area contributed by atoms with Crippen LogP contribution in [0.2, 0.25) is 0 Å². The molecule has 1 N–H and O–H groups in total. The molecule has 0 aliphatic carbocycles. The van der Waals surface area contributed by atoms with E-state index >= 15 is 0 Å². The van der Waals surface area contributed by atoms with E-state index in [4.69, 9.17) is 19.8 Å². The van der Waals surface area contributed by atoms with Crippen LogP contribution in [0.3, 0.4) is 0 Å². The van der Waals surface area contributed by atoms with Crippen LogP contribution >= 0.6 is 0 Å². The number of rotatable bonds is 7. The topological polar surface area (TPSA) is 62.5 Å². The molecule has 1 rings (SSSR count). The average molecular weight is 235 g/mol. The second-order valence-electron chi connectivity index (χ2n) is 3.52. The first-order valence-electron chi connectivity index (χ1n) is 5.66. The standard InChI is InChI=1S/C13H17NO3/c1-2-7-16-12-5-3-4-11(9-12)13(10-14)17-8-6-15/h3-5,9,13,15H,2,6-8H2,1H3. The van der Waals surface area contributed by atoms with Crippen LogP contribution in [-0.2, 0) is 4.74 Å². The van der Waals surface area contributed by atoms with Crippen molar-refractivity contribution in [1.29, 1.82) is 5.26 Å². The highest BCUT2D eigenvalue weighted by Gasteiger charge is 2.11. The van der Waals surface area contributed by atoms with Crippen LogP contribution in [0.4, 0.5) is 0 Å². The molecule has 0 amide bonds. The molecule has 0 aromatic heterocycles. The quantitative estimate of drug-likeness (QED) is 0.785. The van der Waals surface area contributed by atoms with E-state index in [1.807, 2.05) is 31.2 Å². The van der Waals surface area contributed by atoms with Gasteiger partial charge in [-0.25, -0.2) is 0 Å². The zero-order valence-corrected chi connectivity index (χ0v) is 9.93. The lowest BCUT2D eigenvalue weighted by molar-refractivity contribution is 0.0580. The minimum absolute atomic E-state index is 0.0931. The summed E-state index contributed by atoms with van der Waals surface area (Å²) in [6, 6.07) is 9.32. The molecule has 1 atom stereocenters. The van der Waals surface area contributed by atoms with E-state index in [1.54, 1.807) is 6.07 Å². The Bertz CT molecular complexity index is 373. The predicted molar refractivity (Wildman–Crippen MR) is 63.6 cm³/mol. The number of aliphatic hydroxyl groups is 1. The number of aliphatic hydroxyl groups excluding tert-OH is 1. The van der Waals surface area contributed by atoms with Crippen LogP contribution in [0.25, 0.3) is 0 Å². The highest BCUT2D eigenvalue weighted by molar-refractivity contribution is 5.32. The number of hydrogen-bond acceptors (Lipinski definition) is 4. The van der Waals surface area contributed by atoms with Crippen molar-refractivity contribution in [3.63, 3.8) is 0 Å². The van der Waals surface area contributed by atoms with Gasteiger partial charge in [-0.2, -0.15) is 5.26 Å². The Hall–Kier alpha value is -1.57. The molecule has 92 valence electrons. The lowest BCUT2D eigenvalue weighted by Crippen LogP contribution is -2.06. The number of ether oxygens (including phenoxy) is 2. The van der Waals surface area contributed by atoms with Crippen LogP contribution < -0.4 is 4.74 Å². The van der Waals surface area contributed by atoms with Crippen LogP contribution in [-0.4, -0.2) is 24.9 Å². The summed E-state index contributed by atoms with van der Waals surface area (Å²) in [5, 5.41) is 17.6. The normalized spacial score (nSPS) is 11.8. The van der Waals surface area contributed by atoms with E-state index in [9.17, 15) is 0 Å². The molecule has 0 fully saturated rings. The molecule has 1 unspecified atom stereocenters. The summed E-state index contributed by atoms with van der Waals surface area (Å²) in [7, 11) is 0. The minimum Gasteiger partial charge on any atom is -0.494 e. The van der Waals surface area contributed by atoms with E-state index in [-0.39, 0.29) is 13.2 Å². The summed E-state index contributed by atoms with van der Waals surface area (Å²) < 4.78 is 10.7. The van der Waals surface area contributed by atoms with Gasteiger partial charge >= 0.3 is 0 Å². The number of benzene rings is 1. The van der Waals surface area contributed by atoms with Crippen LogP contribution in [0.15, 0.2) is 24.3 Å². The van der Waals surface area contributed by atoms with Crippen LogP contribution in [0.5, 0.6) is 5.75 Å². The molecule has 1 aromatic rings. The maximum absolute atomic E-state index is 8.98. The summed E-state index contributed by atoms with van der Waals surface area (Å²) in [6.45, 7) is 2.74. The largest absolute Gasteiger partial charge is 0.494 e. The van der Waals surface area contributed by atoms with Crippen molar-refractivity contribution in [1.82, 2.24) is 0 Å². The Morgan fingerprint density at radius 2 is 2.24 bits per heavy atom. The molecular formula is C13H17NO3. The first kappa shape index (κ1) is 13.5. The molecule has 0 heterocycles. The lowest BCUT2D eigenvalue weighted by atomic mass is 10.1. The smallest absolute Gasteiger partial charge is 0.169 e. The van der Waals surface area contributed by atoms with E-state index < -0.39 is 6.10 Å². The fourth-order valence-corrected chi connectivity index (χ4v) is 1.37. The van der Waals surface area contributed by atoms with Gasteiger partial charge in [-0.05, 0) is 24.1 Å². The van der Waals surface area contributed by atoms with Crippen molar-refractivity contribution < 1.29 is 14.6 Å². The molecule has 4 nitrogen and oxygen atoms in total. The van der Waals surface area contributed by atoms with Gasteiger partial charge < -0.3 is 14.6 Å². The third kappa shape index (κ3) is 4.43. The van der Waals surface area contributed by atoms with Gasteiger partial charge in [0.25, 0.3) is 0 Å². The van der Waals surface area contributed by atoms with Gasteiger partial charge in [0.15, 0.2) is 6.10 Å². The molecule has 0 saturated carbocycles. The molecule has 0 saturated heterocycles. The zero-order chi connectivity index (χ0) is 12.5. The molecule has 0 bridgehead atoms. The molecule has 1 aromatic carbocycles. The third-order valence-electron chi connectivity index (χ3n) is 2.13. The highest BCUT2D eigenvalue weighted by atomic mass is 16.5. The second kappa shape index (κ2) is 7.66. The van der Waals surface area contributed by atoms with E-state index in [0.717, 1.165) is 17.7 Å². The van der Waals surface area contributed by atoms with Crippen molar-refractivity contribution >= 4 is 0 Å². The Kier molecular flexibility index (Phi) is 6.08. The molecule has 0 aliphatic rings. The van der Waals surface area contributed by atoms with Crippen LogP contribution in [0.1, 0.15) is 25.0 Å². The Morgan fingerprint density at radius 3 is 2.88 bits per heavy atom. The highest BCUT2D eigenvalue weighted by Crippen LogP contribution is 2.21. The van der Waals surface area contributed by atoms with E-state index in [1.165, 1.54) is 0 Å². The number of nitrogens with zero attached hydrogens (tertiary/aromatic N) is 1. The van der Waals surface area contributed by atoms with Crippen molar-refractivity contribution in [2.24, 2.45) is 0 Å². The number of hydrogen-bond donors (Lipinski definition) is 1. The van der Waals surface area contributed by atoms with Crippen molar-refractivity contribution in [3.8, 4) is 11.8 Å². The predicted octanol–water partition coefficient (Wildman–Crippen LogP) is 2.05. The van der Waals surface area contributed by atoms with Crippen molar-refractivity contribution in [2.45, 2.75) is 19.4 Å². The van der Waals surface area contributed by atoms with Gasteiger partial charge in [-0.1, -0.05) is 19.1 Å². The molecule has 0 radical (unpaired) electrons. The maximum Gasteiger partial charge on any atom is 0.169 e. The molecular weight excluding hydrogens is 218 g/mol. The molecule has 17 heavy (non-hydrogen) atoms. The fraction of sp³-hybridized carbons (Fsp3) is 0.462. The second-order valence-corrected chi connectivity index (χ2v) is 3.52. The Labute approximate surface area is 101 Å². The van der Waals surface area contributed by atoms with Gasteiger partial charge in [-0.3, -0.25) is 0 Å². The summed E-state index contributed by atoms with van der Waals surface area (Å²) in [5.41, 5.74) is 0.745. The van der Waals surface area contributed by atoms with E-state index in [0.29, 0.717) is 6.61 Å². The third-order valence-corrected chi connectivity index (χ3v) is 2.13. The summed E-state index contributed by atoms with van der Waals surface area (Å²) >= 11 is 0. The SMILES string of the molecule is CCCOc1cccc(C(C#N)OCCO)c1. The summed E-state index contributed by atoms with van der Waals surface area (Å²) in [5.74, 6) is 0.734. The monoisotopic (exact) mass is 235 g/mol. The van der Waals surface area contributed by atoms with Crippen molar-refractivity contribution in [2.75, 3.05) is 19.8 Å². The zero-order valence-electron chi connectivity index (χ0n) is 9.93. The van der Waals surface area contributed by atoms with Crippen molar-refractivity contribution in [3.05, 3.63) is 29.8 Å². The van der Waals surface area contributed by atoms with Gasteiger partial charge in [0, 0.05) is 0 Å². The summed E-state index contributed by atoms with van der Waals surface area (Å²) in [6.07, 6.45) is 0.278. The average Bonchev–Trinajstić information content (AvgIpc) is 2.38. The van der Waals surface area contributed by atoms with Gasteiger partial charge in [0.1, 0.15) is 5.75 Å². The molecule has 4 heteroatoms. The fourth-order valence-electron chi connectivity index (χ4n) is 1.37. The maximum atomic E-state index is 8.98. The lowest BCUT2D eigenvalue weighted by Gasteiger charge is -2.11. The van der Waals surface area contributed by atoms with Gasteiger partial charge in [0.2, 0.25) is 0 Å².